The molecule has 1 heterocycles. The fourth-order valence-electron chi connectivity index (χ4n) is 7.30. The average Bonchev–Trinajstić information content (AvgIpc) is 3.32. The molecule has 0 radical (unpaired) electrons. The van der Waals surface area contributed by atoms with Crippen LogP contribution in [0.15, 0.2) is 85.1 Å². The van der Waals surface area contributed by atoms with Crippen LogP contribution in [0.2, 0.25) is 16.6 Å². The molecule has 224 valence electrons. The maximum Gasteiger partial charge on any atom is 0.328 e. The number of hydrogen-bond donors (Lipinski definition) is 0. The van der Waals surface area contributed by atoms with E-state index in [2.05, 4.69) is 118 Å². The zero-order chi connectivity index (χ0) is 30.4. The Balaban J connectivity index is 2.02. The van der Waals surface area contributed by atoms with E-state index in [1.54, 1.807) is 7.11 Å². The number of rotatable bonds is 13. The van der Waals surface area contributed by atoms with E-state index < -0.39 is 14.3 Å². The summed E-state index contributed by atoms with van der Waals surface area (Å²) in [7, 11) is -0.450. The van der Waals surface area contributed by atoms with Crippen LogP contribution in [0, 0.1) is 0 Å². The van der Waals surface area contributed by atoms with Crippen molar-refractivity contribution in [2.75, 3.05) is 13.7 Å². The van der Waals surface area contributed by atoms with Crippen molar-refractivity contribution in [3.63, 3.8) is 0 Å². The Morgan fingerprint density at radius 3 is 1.79 bits per heavy atom. The Bertz CT molecular complexity index is 1380. The van der Waals surface area contributed by atoms with E-state index >= 15 is 0 Å². The average molecular weight is 585 g/mol. The van der Waals surface area contributed by atoms with E-state index in [0.29, 0.717) is 36.3 Å². The summed E-state index contributed by atoms with van der Waals surface area (Å²) in [5, 5.41) is 1.05. The lowest BCUT2D eigenvalue weighted by Gasteiger charge is -2.44. The highest BCUT2D eigenvalue weighted by Crippen LogP contribution is 2.46. The van der Waals surface area contributed by atoms with Gasteiger partial charge in [0.2, 0.25) is 0 Å². The molecule has 0 fully saturated rings. The second-order valence-electron chi connectivity index (χ2n) is 12.2. The van der Waals surface area contributed by atoms with Gasteiger partial charge in [-0.25, -0.2) is 4.79 Å². The lowest BCUT2D eigenvalue weighted by molar-refractivity contribution is -0.150. The van der Waals surface area contributed by atoms with Crippen molar-refractivity contribution < 1.29 is 14.3 Å². The van der Waals surface area contributed by atoms with Gasteiger partial charge >= 0.3 is 5.97 Å². The van der Waals surface area contributed by atoms with Gasteiger partial charge in [0.1, 0.15) is 11.8 Å². The minimum Gasteiger partial charge on any atom is -0.497 e. The van der Waals surface area contributed by atoms with Gasteiger partial charge in [0.15, 0.2) is 8.24 Å². The van der Waals surface area contributed by atoms with Crippen molar-refractivity contribution in [1.29, 1.82) is 0 Å². The number of nitrogens with zero attached hydrogens (tertiary/aromatic N) is 2. The number of esters is 1. The summed E-state index contributed by atoms with van der Waals surface area (Å²) in [5.41, 5.74) is 5.94. The van der Waals surface area contributed by atoms with Gasteiger partial charge in [-0.05, 0) is 52.9 Å². The van der Waals surface area contributed by atoms with E-state index in [1.807, 2.05) is 25.1 Å². The van der Waals surface area contributed by atoms with Gasteiger partial charge in [-0.15, -0.1) is 0 Å². The third-order valence-electron chi connectivity index (χ3n) is 8.86. The molecule has 4 rings (SSSR count). The largest absolute Gasteiger partial charge is 0.497 e. The molecule has 1 unspecified atom stereocenters. The molecule has 1 aromatic heterocycles. The first-order valence-electron chi connectivity index (χ1n) is 15.3. The molecule has 0 aliphatic heterocycles. The summed E-state index contributed by atoms with van der Waals surface area (Å²) in [5.74, 6) is 0.560. The lowest BCUT2D eigenvalue weighted by atomic mass is 10.0. The molecule has 0 amide bonds. The molecule has 4 aromatic rings. The van der Waals surface area contributed by atoms with E-state index in [1.165, 1.54) is 5.52 Å². The molecule has 3 aromatic carbocycles. The SMILES string of the molecule is CCOC(=O)C(c1cn([Si](C(C)C)(C(C)C)C(C)C)c2ccc(OC)cc12)N(Cc1ccccc1)Cc1ccccc1. The Labute approximate surface area is 253 Å². The van der Waals surface area contributed by atoms with E-state index in [0.717, 1.165) is 27.8 Å². The smallest absolute Gasteiger partial charge is 0.328 e. The normalized spacial score (nSPS) is 13.0. The van der Waals surface area contributed by atoms with Crippen LogP contribution in [0.1, 0.15) is 71.2 Å². The highest BCUT2D eigenvalue weighted by atomic mass is 28.3. The van der Waals surface area contributed by atoms with Crippen molar-refractivity contribution in [3.05, 3.63) is 102 Å². The van der Waals surface area contributed by atoms with Gasteiger partial charge in [-0.2, -0.15) is 0 Å². The Hall–Kier alpha value is -3.35. The van der Waals surface area contributed by atoms with Crippen LogP contribution < -0.4 is 4.74 Å². The maximum atomic E-state index is 14.1. The van der Waals surface area contributed by atoms with Crippen LogP contribution in [0.5, 0.6) is 5.75 Å². The summed E-state index contributed by atoms with van der Waals surface area (Å²) >= 11 is 0. The molecular formula is C36H48N2O3Si. The number of aromatic nitrogens is 1. The number of ether oxygens (including phenoxy) is 2. The number of fused-ring (bicyclic) bond motifs is 1. The molecule has 1 atom stereocenters. The molecule has 0 aliphatic carbocycles. The molecule has 42 heavy (non-hydrogen) atoms. The minimum atomic E-state index is -2.15. The molecule has 0 bridgehead atoms. The van der Waals surface area contributed by atoms with Crippen LogP contribution in [0.25, 0.3) is 10.9 Å². The number of benzene rings is 3. The number of hydrogen-bond acceptors (Lipinski definition) is 4. The third kappa shape index (κ3) is 6.20. The van der Waals surface area contributed by atoms with Crippen LogP contribution in [0.4, 0.5) is 0 Å². The van der Waals surface area contributed by atoms with Crippen LogP contribution >= 0.6 is 0 Å². The fraction of sp³-hybridized carbons (Fsp3) is 0.417. The Morgan fingerprint density at radius 2 is 1.33 bits per heavy atom. The van der Waals surface area contributed by atoms with Gasteiger partial charge < -0.3 is 13.7 Å². The summed E-state index contributed by atoms with van der Waals surface area (Å²) < 4.78 is 14.2. The second-order valence-corrected chi connectivity index (χ2v) is 17.9. The molecular weight excluding hydrogens is 536 g/mol. The minimum absolute atomic E-state index is 0.225. The lowest BCUT2D eigenvalue weighted by Crippen LogP contribution is -2.51. The quantitative estimate of drug-likeness (QED) is 0.116. The van der Waals surface area contributed by atoms with Crippen LogP contribution in [-0.4, -0.2) is 37.1 Å². The highest BCUT2D eigenvalue weighted by Gasteiger charge is 2.47. The number of methoxy groups -OCH3 is 1. The van der Waals surface area contributed by atoms with Crippen LogP contribution in [0.3, 0.4) is 0 Å². The first-order valence-corrected chi connectivity index (χ1v) is 17.5. The van der Waals surface area contributed by atoms with Crippen molar-refractivity contribution >= 4 is 25.1 Å². The van der Waals surface area contributed by atoms with E-state index in [4.69, 9.17) is 9.47 Å². The molecule has 0 spiro atoms. The molecule has 0 saturated heterocycles. The first-order chi connectivity index (χ1) is 20.1. The summed E-state index contributed by atoms with van der Waals surface area (Å²) in [6.45, 7) is 17.7. The van der Waals surface area contributed by atoms with E-state index in [9.17, 15) is 4.79 Å². The third-order valence-corrected chi connectivity index (χ3v) is 15.6. The van der Waals surface area contributed by atoms with Crippen molar-refractivity contribution in [1.82, 2.24) is 9.13 Å². The van der Waals surface area contributed by atoms with Crippen molar-refractivity contribution in [2.24, 2.45) is 0 Å². The molecule has 6 heteroatoms. The summed E-state index contributed by atoms with van der Waals surface area (Å²) in [4.78, 5) is 16.4. The second kappa shape index (κ2) is 13.7. The Kier molecular flexibility index (Phi) is 10.3. The number of carbonyl (C=O) groups is 1. The van der Waals surface area contributed by atoms with Crippen LogP contribution in [-0.2, 0) is 22.6 Å². The van der Waals surface area contributed by atoms with Gasteiger partial charge in [0, 0.05) is 35.8 Å². The summed E-state index contributed by atoms with van der Waals surface area (Å²) in [6, 6.07) is 26.5. The van der Waals surface area contributed by atoms with Crippen molar-refractivity contribution in [2.45, 2.75) is 84.2 Å². The predicted octanol–water partition coefficient (Wildman–Crippen LogP) is 8.98. The topological polar surface area (TPSA) is 43.7 Å². The van der Waals surface area contributed by atoms with Crippen molar-refractivity contribution in [3.8, 4) is 5.75 Å². The zero-order valence-corrected chi connectivity index (χ0v) is 27.6. The molecule has 0 aliphatic rings. The van der Waals surface area contributed by atoms with Gasteiger partial charge in [-0.3, -0.25) is 4.90 Å². The predicted molar refractivity (Wildman–Crippen MR) is 176 cm³/mol. The first kappa shape index (κ1) is 31.6. The van der Waals surface area contributed by atoms with E-state index in [-0.39, 0.29) is 5.97 Å². The maximum absolute atomic E-state index is 14.1. The molecule has 5 nitrogen and oxygen atoms in total. The number of carbonyl (C=O) groups excluding carboxylic acids is 1. The molecule has 0 N–H and O–H groups in total. The van der Waals surface area contributed by atoms with Gasteiger partial charge in [0.05, 0.1) is 13.7 Å². The van der Waals surface area contributed by atoms with Gasteiger partial charge in [0.25, 0.3) is 0 Å². The zero-order valence-electron chi connectivity index (χ0n) is 26.6. The standard InChI is InChI=1S/C36H48N2O3Si/c1-9-41-36(39)35(37(23-29-16-12-10-13-17-29)24-30-18-14-11-15-19-30)33-25-38(34-21-20-31(40-8)22-32(33)34)42(26(2)3,27(4)5)28(6)7/h10-22,25-28,35H,9,23-24H2,1-8H3. The highest BCUT2D eigenvalue weighted by molar-refractivity contribution is 6.82. The fourth-order valence-corrected chi connectivity index (χ4v) is 13.9. The summed E-state index contributed by atoms with van der Waals surface area (Å²) in [6.07, 6.45) is 2.31. The molecule has 0 saturated carbocycles. The Morgan fingerprint density at radius 1 is 0.810 bits per heavy atom. The monoisotopic (exact) mass is 584 g/mol. The van der Waals surface area contributed by atoms with Gasteiger partial charge in [-0.1, -0.05) is 102 Å².